The molecule has 0 aliphatic carbocycles. The summed E-state index contributed by atoms with van der Waals surface area (Å²) in [6.45, 7) is 7.28. The highest BCUT2D eigenvalue weighted by Gasteiger charge is 2.17. The Morgan fingerprint density at radius 3 is 2.33 bits per heavy atom. The van der Waals surface area contributed by atoms with E-state index in [4.69, 9.17) is 4.74 Å². The van der Waals surface area contributed by atoms with Crippen LogP contribution in [0.15, 0.2) is 53.3 Å². The first-order chi connectivity index (χ1) is 13.1. The van der Waals surface area contributed by atoms with E-state index < -0.39 is 0 Å². The summed E-state index contributed by atoms with van der Waals surface area (Å²) in [7, 11) is 3.54. The molecule has 0 atom stereocenters. The standard InChI is InChI=1S/C23H28N2O2/c1-5-25(6-2)15-14-21-22(17-10-8-7-9-11-17)20-16-18(27-4)12-13-19(20)23(26)24(21)3/h7-13,16H,5-6,14-15H2,1-4H3. The number of methoxy groups -OCH3 is 1. The largest absolute Gasteiger partial charge is 0.497 e. The van der Waals surface area contributed by atoms with Crippen molar-refractivity contribution in [2.45, 2.75) is 20.3 Å². The van der Waals surface area contributed by atoms with Crippen LogP contribution >= 0.6 is 0 Å². The molecule has 0 aliphatic heterocycles. The molecule has 0 aliphatic rings. The van der Waals surface area contributed by atoms with E-state index in [0.29, 0.717) is 0 Å². The van der Waals surface area contributed by atoms with Crippen LogP contribution < -0.4 is 10.3 Å². The van der Waals surface area contributed by atoms with Gasteiger partial charge in [-0.1, -0.05) is 44.2 Å². The summed E-state index contributed by atoms with van der Waals surface area (Å²) < 4.78 is 7.26. The second kappa shape index (κ2) is 8.40. The monoisotopic (exact) mass is 364 g/mol. The molecular formula is C23H28N2O2. The summed E-state index contributed by atoms with van der Waals surface area (Å²) in [5.74, 6) is 0.766. The van der Waals surface area contributed by atoms with Gasteiger partial charge in [0.1, 0.15) is 5.75 Å². The molecule has 0 N–H and O–H groups in total. The van der Waals surface area contributed by atoms with Crippen molar-refractivity contribution in [1.29, 1.82) is 0 Å². The summed E-state index contributed by atoms with van der Waals surface area (Å²) in [6, 6.07) is 16.0. The number of rotatable bonds is 7. The Balaban J connectivity index is 2.28. The number of pyridine rings is 1. The number of hydrogen-bond acceptors (Lipinski definition) is 3. The van der Waals surface area contributed by atoms with Gasteiger partial charge in [-0.15, -0.1) is 0 Å². The minimum absolute atomic E-state index is 0.0434. The highest BCUT2D eigenvalue weighted by molar-refractivity contribution is 5.98. The van der Waals surface area contributed by atoms with Crippen LogP contribution in [0.3, 0.4) is 0 Å². The maximum absolute atomic E-state index is 13.0. The van der Waals surface area contributed by atoms with Gasteiger partial charge in [0.15, 0.2) is 0 Å². The van der Waals surface area contributed by atoms with E-state index in [1.807, 2.05) is 48.0 Å². The first kappa shape index (κ1) is 19.2. The molecule has 142 valence electrons. The van der Waals surface area contributed by atoms with Crippen molar-refractivity contribution in [3.63, 3.8) is 0 Å². The van der Waals surface area contributed by atoms with Gasteiger partial charge < -0.3 is 14.2 Å². The summed E-state index contributed by atoms with van der Waals surface area (Å²) in [4.78, 5) is 15.4. The SMILES string of the molecule is CCN(CC)CCc1c(-c2ccccc2)c2cc(OC)ccc2c(=O)n1C. The molecule has 4 nitrogen and oxygen atoms in total. The molecule has 0 unspecified atom stereocenters. The predicted molar refractivity (Wildman–Crippen MR) is 113 cm³/mol. The zero-order chi connectivity index (χ0) is 19.4. The molecule has 2 aromatic carbocycles. The molecule has 27 heavy (non-hydrogen) atoms. The average Bonchev–Trinajstić information content (AvgIpc) is 2.72. The van der Waals surface area contributed by atoms with Gasteiger partial charge in [0, 0.05) is 42.0 Å². The average molecular weight is 364 g/mol. The summed E-state index contributed by atoms with van der Waals surface area (Å²) in [6.07, 6.45) is 0.824. The first-order valence-electron chi connectivity index (χ1n) is 9.58. The number of ether oxygens (including phenoxy) is 1. The summed E-state index contributed by atoms with van der Waals surface area (Å²) >= 11 is 0. The third kappa shape index (κ3) is 3.76. The number of nitrogens with zero attached hydrogens (tertiary/aromatic N) is 2. The fourth-order valence-corrected chi connectivity index (χ4v) is 3.69. The molecule has 0 amide bonds. The molecule has 4 heteroatoms. The lowest BCUT2D eigenvalue weighted by molar-refractivity contribution is 0.306. The topological polar surface area (TPSA) is 34.5 Å². The van der Waals surface area contributed by atoms with Gasteiger partial charge in [-0.2, -0.15) is 0 Å². The second-order valence-corrected chi connectivity index (χ2v) is 6.74. The van der Waals surface area contributed by atoms with Crippen molar-refractivity contribution in [2.75, 3.05) is 26.7 Å². The van der Waals surface area contributed by atoms with Gasteiger partial charge in [-0.05, 0) is 36.9 Å². The summed E-state index contributed by atoms with van der Waals surface area (Å²) in [5, 5.41) is 1.68. The zero-order valence-electron chi connectivity index (χ0n) is 16.7. The lowest BCUT2D eigenvalue weighted by Crippen LogP contribution is -2.29. The van der Waals surface area contributed by atoms with Crippen LogP contribution in [0.25, 0.3) is 21.9 Å². The third-order valence-corrected chi connectivity index (χ3v) is 5.35. The van der Waals surface area contributed by atoms with Gasteiger partial charge in [-0.25, -0.2) is 0 Å². The number of aromatic nitrogens is 1. The maximum Gasteiger partial charge on any atom is 0.258 e. The van der Waals surface area contributed by atoms with Crippen molar-refractivity contribution in [1.82, 2.24) is 9.47 Å². The maximum atomic E-state index is 13.0. The Morgan fingerprint density at radius 1 is 1.00 bits per heavy atom. The Kier molecular flexibility index (Phi) is 5.97. The van der Waals surface area contributed by atoms with E-state index in [-0.39, 0.29) is 5.56 Å². The molecular weight excluding hydrogens is 336 g/mol. The molecule has 0 spiro atoms. The fourth-order valence-electron chi connectivity index (χ4n) is 3.69. The van der Waals surface area contributed by atoms with Crippen LogP contribution in [0.2, 0.25) is 0 Å². The van der Waals surface area contributed by atoms with Crippen LogP contribution in [-0.2, 0) is 13.5 Å². The van der Waals surface area contributed by atoms with Crippen molar-refractivity contribution in [3.8, 4) is 16.9 Å². The van der Waals surface area contributed by atoms with Crippen LogP contribution in [0.5, 0.6) is 5.75 Å². The zero-order valence-corrected chi connectivity index (χ0v) is 16.7. The van der Waals surface area contributed by atoms with Gasteiger partial charge >= 0.3 is 0 Å². The van der Waals surface area contributed by atoms with E-state index in [1.165, 1.54) is 0 Å². The molecule has 0 saturated heterocycles. The molecule has 0 bridgehead atoms. The lowest BCUT2D eigenvalue weighted by atomic mass is 9.95. The van der Waals surface area contributed by atoms with E-state index >= 15 is 0 Å². The van der Waals surface area contributed by atoms with Crippen LogP contribution in [-0.4, -0.2) is 36.2 Å². The number of hydrogen-bond donors (Lipinski definition) is 0. The minimum atomic E-state index is 0.0434. The van der Waals surface area contributed by atoms with E-state index in [1.54, 1.807) is 7.11 Å². The van der Waals surface area contributed by atoms with Crippen molar-refractivity contribution in [2.24, 2.45) is 7.05 Å². The highest BCUT2D eigenvalue weighted by atomic mass is 16.5. The van der Waals surface area contributed by atoms with Gasteiger partial charge in [0.25, 0.3) is 5.56 Å². The Bertz CT molecular complexity index is 973. The normalized spacial score (nSPS) is 11.3. The number of fused-ring (bicyclic) bond motifs is 1. The molecule has 1 aromatic heterocycles. The minimum Gasteiger partial charge on any atom is -0.497 e. The van der Waals surface area contributed by atoms with Crippen LogP contribution in [0.4, 0.5) is 0 Å². The number of likely N-dealkylation sites (N-methyl/N-ethyl adjacent to an activating group) is 1. The third-order valence-electron chi connectivity index (χ3n) is 5.35. The molecule has 3 rings (SSSR count). The molecule has 1 heterocycles. The summed E-state index contributed by atoms with van der Waals surface area (Å²) in [5.41, 5.74) is 3.36. The van der Waals surface area contributed by atoms with E-state index in [9.17, 15) is 4.79 Å². The van der Waals surface area contributed by atoms with Gasteiger partial charge in [-0.3, -0.25) is 4.79 Å². The predicted octanol–water partition coefficient (Wildman–Crippen LogP) is 4.10. The number of benzene rings is 2. The van der Waals surface area contributed by atoms with Crippen LogP contribution in [0.1, 0.15) is 19.5 Å². The first-order valence-corrected chi connectivity index (χ1v) is 9.58. The Hall–Kier alpha value is -2.59. The Morgan fingerprint density at radius 2 is 1.70 bits per heavy atom. The van der Waals surface area contributed by atoms with Crippen molar-refractivity contribution >= 4 is 10.8 Å². The van der Waals surface area contributed by atoms with E-state index in [2.05, 4.69) is 30.9 Å². The van der Waals surface area contributed by atoms with E-state index in [0.717, 1.165) is 59.4 Å². The van der Waals surface area contributed by atoms with Crippen molar-refractivity contribution in [3.05, 3.63) is 64.6 Å². The van der Waals surface area contributed by atoms with Gasteiger partial charge in [0.05, 0.1) is 7.11 Å². The fraction of sp³-hybridized carbons (Fsp3) is 0.348. The lowest BCUT2D eigenvalue weighted by Gasteiger charge is -2.22. The smallest absolute Gasteiger partial charge is 0.258 e. The molecule has 0 saturated carbocycles. The molecule has 0 radical (unpaired) electrons. The highest BCUT2D eigenvalue weighted by Crippen LogP contribution is 2.33. The molecule has 3 aromatic rings. The molecule has 0 fully saturated rings. The Labute approximate surface area is 161 Å². The second-order valence-electron chi connectivity index (χ2n) is 6.74. The quantitative estimate of drug-likeness (QED) is 0.633. The van der Waals surface area contributed by atoms with Gasteiger partial charge in [0.2, 0.25) is 0 Å². The van der Waals surface area contributed by atoms with Crippen LogP contribution in [0, 0.1) is 0 Å². The van der Waals surface area contributed by atoms with Crippen molar-refractivity contribution < 1.29 is 4.74 Å².